The number of ether oxygens (including phenoxy) is 6. The maximum Gasteiger partial charge on any atom is 0.220 e. The Kier molecular flexibility index (Phi) is 57.3. The number of nitrogens with one attached hydrogen (secondary N) is 1. The first-order valence-corrected chi connectivity index (χ1v) is 41.2. The molecule has 0 bridgehead atoms. The zero-order valence-corrected chi connectivity index (χ0v) is 62.9. The molecular formula is C81H151NO18. The van der Waals surface area contributed by atoms with Gasteiger partial charge < -0.3 is 89.9 Å². The number of allylic oxidation sites excluding steroid dienone is 5. The minimum absolute atomic E-state index is 0.239. The van der Waals surface area contributed by atoms with Crippen LogP contribution < -0.4 is 5.32 Å². The van der Waals surface area contributed by atoms with Crippen molar-refractivity contribution in [2.24, 2.45) is 0 Å². The lowest BCUT2D eigenvalue weighted by Gasteiger charge is -2.48. The molecule has 0 aromatic rings. The summed E-state index contributed by atoms with van der Waals surface area (Å²) in [6.45, 7) is 1.77. The summed E-state index contributed by atoms with van der Waals surface area (Å²) in [5.41, 5.74) is 0. The predicted octanol–water partition coefficient (Wildman–Crippen LogP) is 13.9. The van der Waals surface area contributed by atoms with Gasteiger partial charge in [0, 0.05) is 6.42 Å². The molecule has 1 amide bonds. The molecule has 3 aliphatic rings. The number of unbranched alkanes of at least 4 members (excludes halogenated alkanes) is 46. The zero-order valence-electron chi connectivity index (χ0n) is 62.9. The third-order valence-corrected chi connectivity index (χ3v) is 20.7. The Morgan fingerprint density at radius 2 is 0.640 bits per heavy atom. The van der Waals surface area contributed by atoms with Crippen molar-refractivity contribution in [2.75, 3.05) is 26.4 Å². The lowest BCUT2D eigenvalue weighted by Crippen LogP contribution is -2.66. The van der Waals surface area contributed by atoms with E-state index in [4.69, 9.17) is 28.4 Å². The quantitative estimate of drug-likeness (QED) is 0.0199. The summed E-state index contributed by atoms with van der Waals surface area (Å²) in [4.78, 5) is 13.5. The Balaban J connectivity index is 1.38. The molecule has 12 N–H and O–H groups in total. The first kappa shape index (κ1) is 92.2. The molecule has 0 radical (unpaired) electrons. The number of aliphatic hydroxyl groups is 11. The summed E-state index contributed by atoms with van der Waals surface area (Å²) in [5.74, 6) is -0.279. The third kappa shape index (κ3) is 41.8. The lowest BCUT2D eigenvalue weighted by atomic mass is 9.96. The van der Waals surface area contributed by atoms with Gasteiger partial charge in [-0.3, -0.25) is 4.79 Å². The van der Waals surface area contributed by atoms with E-state index < -0.39 is 124 Å². The standard InChI is InChI=1S/C81H151NO18/c1-3-5-7-9-11-13-15-17-19-21-23-25-27-29-31-32-33-35-37-39-41-43-45-47-49-51-53-55-57-59-69(87)82-64(65(86)58-56-54-52-50-48-46-44-42-40-38-36-34-30-28-26-24-22-20-18-16-14-12-10-8-6-4-2)63-95-79-75(93)72(90)77(67(61-84)97-79)100-81-76(94)73(91)78(68(62-85)98-81)99-80-74(92)71(89)70(88)66(60-83)96-80/h21,23,48,50,56,58,64-68,70-81,83-86,88-94H,3-20,22,24-47,49,51-55,57,59-63H2,1-2H3,(H,82,87)/b23-21-,50-48+,58-56+. The van der Waals surface area contributed by atoms with Crippen LogP contribution in [0.1, 0.15) is 341 Å². The van der Waals surface area contributed by atoms with Crippen LogP contribution in [0, 0.1) is 0 Å². The fourth-order valence-electron chi connectivity index (χ4n) is 14.0. The van der Waals surface area contributed by atoms with Crippen molar-refractivity contribution in [3.05, 3.63) is 36.5 Å². The summed E-state index contributed by atoms with van der Waals surface area (Å²) in [7, 11) is 0. The van der Waals surface area contributed by atoms with Crippen LogP contribution >= 0.6 is 0 Å². The van der Waals surface area contributed by atoms with Crippen LogP contribution in [0.15, 0.2) is 36.5 Å². The molecule has 0 aromatic heterocycles. The van der Waals surface area contributed by atoms with Gasteiger partial charge in [0.15, 0.2) is 18.9 Å². The van der Waals surface area contributed by atoms with Gasteiger partial charge in [0.1, 0.15) is 73.2 Å². The van der Waals surface area contributed by atoms with Crippen molar-refractivity contribution in [1.82, 2.24) is 5.32 Å². The maximum absolute atomic E-state index is 13.5. The normalized spacial score (nSPS) is 26.6. The second kappa shape index (κ2) is 62.1. The highest BCUT2D eigenvalue weighted by molar-refractivity contribution is 5.76. The summed E-state index contributed by atoms with van der Waals surface area (Å²) in [6.07, 6.45) is 50.0. The molecule has 17 unspecified atom stereocenters. The number of carbonyl (C=O) groups excluding carboxylic acids is 1. The summed E-state index contributed by atoms with van der Waals surface area (Å²) >= 11 is 0. The van der Waals surface area contributed by atoms with Gasteiger partial charge in [-0.1, -0.05) is 314 Å². The number of aliphatic hydroxyl groups excluding tert-OH is 11. The van der Waals surface area contributed by atoms with Crippen molar-refractivity contribution in [3.63, 3.8) is 0 Å². The van der Waals surface area contributed by atoms with Gasteiger partial charge in [-0.25, -0.2) is 0 Å². The molecule has 3 heterocycles. The molecule has 3 aliphatic heterocycles. The third-order valence-electron chi connectivity index (χ3n) is 20.7. The van der Waals surface area contributed by atoms with Crippen LogP contribution in [0.4, 0.5) is 0 Å². The van der Waals surface area contributed by atoms with Crippen molar-refractivity contribution in [2.45, 2.75) is 446 Å². The smallest absolute Gasteiger partial charge is 0.220 e. The Labute approximate surface area is 606 Å². The first-order valence-electron chi connectivity index (χ1n) is 41.2. The predicted molar refractivity (Wildman–Crippen MR) is 397 cm³/mol. The molecule has 588 valence electrons. The molecule has 19 nitrogen and oxygen atoms in total. The molecule has 3 rings (SSSR count). The molecule has 17 atom stereocenters. The molecule has 3 fully saturated rings. The summed E-state index contributed by atoms with van der Waals surface area (Å²) in [5, 5.41) is 121. The highest BCUT2D eigenvalue weighted by Crippen LogP contribution is 2.33. The molecule has 0 spiro atoms. The fraction of sp³-hybridized carbons (Fsp3) is 0.914. The highest BCUT2D eigenvalue weighted by atomic mass is 16.8. The van der Waals surface area contributed by atoms with Crippen LogP contribution in [0.25, 0.3) is 0 Å². The number of carbonyl (C=O) groups is 1. The van der Waals surface area contributed by atoms with E-state index in [9.17, 15) is 61.0 Å². The van der Waals surface area contributed by atoms with E-state index in [0.717, 1.165) is 38.5 Å². The van der Waals surface area contributed by atoms with Crippen LogP contribution in [0.3, 0.4) is 0 Å². The second-order valence-electron chi connectivity index (χ2n) is 29.6. The molecule has 0 aromatic carbocycles. The Hall–Kier alpha value is -1.99. The number of hydrogen-bond donors (Lipinski definition) is 12. The van der Waals surface area contributed by atoms with E-state index in [1.54, 1.807) is 6.08 Å². The molecule has 0 aliphatic carbocycles. The van der Waals surface area contributed by atoms with Crippen LogP contribution in [-0.2, 0) is 33.2 Å². The SMILES string of the molecule is CCCCCCCCCC/C=C\CCCCCCCCCCCCCCCCCCCC(=O)NC(COC1OC(CO)C(OC2OC(CO)C(OC3OC(CO)C(O)C(O)C3O)C(O)C2O)C(O)C1O)C(O)/C=C/CC/C=C/CCCCCCCCCCCCCCCCCCCCCC. The lowest BCUT2D eigenvalue weighted by molar-refractivity contribution is -0.379. The van der Waals surface area contributed by atoms with Crippen LogP contribution in [-0.4, -0.2) is 193 Å². The molecule has 3 saturated heterocycles. The van der Waals surface area contributed by atoms with E-state index >= 15 is 0 Å². The molecule has 0 saturated carbocycles. The van der Waals surface area contributed by atoms with E-state index in [0.29, 0.717) is 12.8 Å². The van der Waals surface area contributed by atoms with Gasteiger partial charge in [0.2, 0.25) is 5.91 Å². The second-order valence-corrected chi connectivity index (χ2v) is 29.6. The molecule has 100 heavy (non-hydrogen) atoms. The van der Waals surface area contributed by atoms with E-state index in [-0.39, 0.29) is 18.9 Å². The van der Waals surface area contributed by atoms with Crippen molar-refractivity contribution in [1.29, 1.82) is 0 Å². The first-order chi connectivity index (χ1) is 48.8. The summed E-state index contributed by atoms with van der Waals surface area (Å²) in [6, 6.07) is -0.990. The Bertz CT molecular complexity index is 1950. The molecule has 19 heteroatoms. The van der Waals surface area contributed by atoms with E-state index in [2.05, 4.69) is 43.5 Å². The minimum atomic E-state index is -1.98. The highest BCUT2D eigenvalue weighted by Gasteiger charge is 2.54. The van der Waals surface area contributed by atoms with Gasteiger partial charge in [0.05, 0.1) is 38.6 Å². The van der Waals surface area contributed by atoms with Gasteiger partial charge in [-0.15, -0.1) is 0 Å². The van der Waals surface area contributed by atoms with Crippen LogP contribution in [0.5, 0.6) is 0 Å². The van der Waals surface area contributed by atoms with Crippen molar-refractivity contribution in [3.8, 4) is 0 Å². The minimum Gasteiger partial charge on any atom is -0.394 e. The average molecular weight is 1430 g/mol. The van der Waals surface area contributed by atoms with Gasteiger partial charge >= 0.3 is 0 Å². The van der Waals surface area contributed by atoms with Crippen molar-refractivity contribution >= 4 is 5.91 Å². The average Bonchev–Trinajstić information content (AvgIpc) is 0.783. The van der Waals surface area contributed by atoms with E-state index in [1.165, 1.54) is 270 Å². The number of amides is 1. The Morgan fingerprint density at radius 1 is 0.350 bits per heavy atom. The summed E-state index contributed by atoms with van der Waals surface area (Å²) < 4.78 is 34.5. The fourth-order valence-corrected chi connectivity index (χ4v) is 14.0. The van der Waals surface area contributed by atoms with Gasteiger partial charge in [0.25, 0.3) is 0 Å². The van der Waals surface area contributed by atoms with E-state index in [1.807, 2.05) is 6.08 Å². The largest absolute Gasteiger partial charge is 0.394 e. The maximum atomic E-state index is 13.5. The molecular weight excluding hydrogens is 1270 g/mol. The monoisotopic (exact) mass is 1430 g/mol. The zero-order chi connectivity index (χ0) is 72.5. The van der Waals surface area contributed by atoms with Gasteiger partial charge in [-0.2, -0.15) is 0 Å². The van der Waals surface area contributed by atoms with Crippen molar-refractivity contribution < 1.29 is 89.4 Å². The van der Waals surface area contributed by atoms with Gasteiger partial charge in [-0.05, 0) is 57.8 Å². The number of rotatable bonds is 66. The van der Waals surface area contributed by atoms with Crippen LogP contribution in [0.2, 0.25) is 0 Å². The topological polar surface area (TPSA) is 307 Å². The Morgan fingerprint density at radius 3 is 1.00 bits per heavy atom. The number of hydrogen-bond acceptors (Lipinski definition) is 18.